The Labute approximate surface area is 133 Å². The first-order chi connectivity index (χ1) is 9.51. The number of ether oxygens (including phenoxy) is 1. The average molecular weight is 401 g/mol. The highest BCUT2D eigenvalue weighted by atomic mass is 79.9. The first kappa shape index (κ1) is 15.0. The van der Waals surface area contributed by atoms with Crippen LogP contribution in [0.1, 0.15) is 21.7 Å². The van der Waals surface area contributed by atoms with Crippen LogP contribution < -0.4 is 0 Å². The lowest BCUT2D eigenvalue weighted by Crippen LogP contribution is -2.00. The number of aryl methyl sites for hydroxylation is 1. The standard InChI is InChI=1S/C14H11Br2NO3/c1-8-5-9(14(18)19-2)3-4-12(8)17-7-10-6-11(15)13(16)20-10/h3-7H,1-2H3. The minimum atomic E-state index is -0.359. The van der Waals surface area contributed by atoms with Gasteiger partial charge in [-0.2, -0.15) is 0 Å². The SMILES string of the molecule is COC(=O)c1ccc(N=Cc2cc(Br)c(Br)o2)c(C)c1. The number of aliphatic imine (C=N–C) groups is 1. The van der Waals surface area contributed by atoms with Gasteiger partial charge in [0.25, 0.3) is 0 Å². The second kappa shape index (κ2) is 6.37. The fourth-order valence-electron chi connectivity index (χ4n) is 1.61. The molecular formula is C14H11Br2NO3. The van der Waals surface area contributed by atoms with E-state index >= 15 is 0 Å². The quantitative estimate of drug-likeness (QED) is 0.556. The van der Waals surface area contributed by atoms with Gasteiger partial charge in [-0.15, -0.1) is 0 Å². The van der Waals surface area contributed by atoms with Crippen LogP contribution in [-0.4, -0.2) is 19.3 Å². The molecule has 0 unspecified atom stereocenters. The normalized spacial score (nSPS) is 11.0. The summed E-state index contributed by atoms with van der Waals surface area (Å²) in [7, 11) is 1.36. The predicted molar refractivity (Wildman–Crippen MR) is 83.9 cm³/mol. The molecule has 0 bridgehead atoms. The number of furan rings is 1. The number of hydrogen-bond acceptors (Lipinski definition) is 4. The summed E-state index contributed by atoms with van der Waals surface area (Å²) >= 11 is 6.60. The van der Waals surface area contributed by atoms with Crippen LogP contribution in [-0.2, 0) is 4.74 Å². The average Bonchev–Trinajstić information content (AvgIpc) is 2.75. The van der Waals surface area contributed by atoms with Crippen LogP contribution in [0.2, 0.25) is 0 Å². The molecule has 0 aliphatic carbocycles. The molecule has 6 heteroatoms. The number of nitrogens with zero attached hydrogens (tertiary/aromatic N) is 1. The molecule has 0 atom stereocenters. The van der Waals surface area contributed by atoms with Crippen LogP contribution in [0.25, 0.3) is 0 Å². The molecule has 0 saturated carbocycles. The fraction of sp³-hybridized carbons (Fsp3) is 0.143. The minimum absolute atomic E-state index is 0.359. The summed E-state index contributed by atoms with van der Waals surface area (Å²) in [6.07, 6.45) is 1.62. The Hall–Kier alpha value is -1.40. The Bertz CT molecular complexity index is 658. The second-order valence-corrected chi connectivity index (χ2v) is 5.60. The van der Waals surface area contributed by atoms with Crippen molar-refractivity contribution < 1.29 is 13.9 Å². The zero-order valence-corrected chi connectivity index (χ0v) is 14.0. The summed E-state index contributed by atoms with van der Waals surface area (Å²) in [5.74, 6) is 0.266. The smallest absolute Gasteiger partial charge is 0.337 e. The summed E-state index contributed by atoms with van der Waals surface area (Å²) in [6.45, 7) is 1.88. The van der Waals surface area contributed by atoms with Crippen molar-refractivity contribution in [1.29, 1.82) is 0 Å². The highest BCUT2D eigenvalue weighted by Crippen LogP contribution is 2.26. The van der Waals surface area contributed by atoms with Gasteiger partial charge < -0.3 is 9.15 Å². The molecule has 0 amide bonds. The van der Waals surface area contributed by atoms with Crippen molar-refractivity contribution in [2.24, 2.45) is 4.99 Å². The van der Waals surface area contributed by atoms with E-state index in [2.05, 4.69) is 41.6 Å². The third-order valence-electron chi connectivity index (χ3n) is 2.61. The number of carbonyl (C=O) groups is 1. The van der Waals surface area contributed by atoms with Crippen molar-refractivity contribution in [2.75, 3.05) is 7.11 Å². The van der Waals surface area contributed by atoms with E-state index < -0.39 is 0 Å². The molecule has 1 aromatic heterocycles. The maximum atomic E-state index is 11.4. The van der Waals surface area contributed by atoms with Crippen molar-refractivity contribution >= 4 is 49.7 Å². The molecule has 1 aromatic carbocycles. The first-order valence-corrected chi connectivity index (χ1v) is 7.27. The minimum Gasteiger partial charge on any atom is -0.465 e. The monoisotopic (exact) mass is 399 g/mol. The molecule has 0 radical (unpaired) electrons. The van der Waals surface area contributed by atoms with Crippen molar-refractivity contribution in [2.45, 2.75) is 6.92 Å². The van der Waals surface area contributed by atoms with Crippen molar-refractivity contribution in [3.05, 3.63) is 50.3 Å². The number of rotatable bonds is 3. The molecule has 0 saturated heterocycles. The van der Waals surface area contributed by atoms with Gasteiger partial charge in [-0.25, -0.2) is 4.79 Å². The van der Waals surface area contributed by atoms with Crippen molar-refractivity contribution in [1.82, 2.24) is 0 Å². The zero-order valence-electron chi connectivity index (χ0n) is 10.8. The maximum Gasteiger partial charge on any atom is 0.337 e. The van der Waals surface area contributed by atoms with Crippen LogP contribution in [0.15, 0.2) is 42.8 Å². The van der Waals surface area contributed by atoms with E-state index in [1.807, 2.05) is 13.0 Å². The third kappa shape index (κ3) is 3.37. The number of halogens is 2. The number of benzene rings is 1. The molecule has 0 spiro atoms. The van der Waals surface area contributed by atoms with Gasteiger partial charge in [0, 0.05) is 6.07 Å². The van der Waals surface area contributed by atoms with Gasteiger partial charge in [-0.05, 0) is 62.5 Å². The van der Waals surface area contributed by atoms with E-state index in [1.54, 1.807) is 24.4 Å². The molecule has 0 aliphatic rings. The van der Waals surface area contributed by atoms with Crippen LogP contribution >= 0.6 is 31.9 Å². The van der Waals surface area contributed by atoms with E-state index in [0.717, 1.165) is 15.7 Å². The fourth-order valence-corrected chi connectivity index (χ4v) is 2.21. The van der Waals surface area contributed by atoms with Gasteiger partial charge in [-0.3, -0.25) is 4.99 Å². The van der Waals surface area contributed by atoms with E-state index in [4.69, 9.17) is 4.42 Å². The Kier molecular flexibility index (Phi) is 4.77. The maximum absolute atomic E-state index is 11.4. The molecule has 1 heterocycles. The van der Waals surface area contributed by atoms with Crippen molar-refractivity contribution in [3.8, 4) is 0 Å². The molecule has 2 rings (SSSR count). The van der Waals surface area contributed by atoms with Gasteiger partial charge >= 0.3 is 5.97 Å². The highest BCUT2D eigenvalue weighted by molar-refractivity contribution is 9.13. The van der Waals surface area contributed by atoms with Gasteiger partial charge in [-0.1, -0.05) is 0 Å². The zero-order chi connectivity index (χ0) is 14.7. The van der Waals surface area contributed by atoms with Crippen LogP contribution in [0, 0.1) is 6.92 Å². The molecule has 20 heavy (non-hydrogen) atoms. The van der Waals surface area contributed by atoms with Gasteiger partial charge in [0.1, 0.15) is 5.76 Å². The largest absolute Gasteiger partial charge is 0.465 e. The summed E-state index contributed by atoms with van der Waals surface area (Å²) in [6, 6.07) is 7.00. The molecule has 104 valence electrons. The number of methoxy groups -OCH3 is 1. The highest BCUT2D eigenvalue weighted by Gasteiger charge is 2.07. The lowest BCUT2D eigenvalue weighted by atomic mass is 10.1. The van der Waals surface area contributed by atoms with Crippen LogP contribution in [0.5, 0.6) is 0 Å². The molecule has 2 aromatic rings. The number of hydrogen-bond donors (Lipinski definition) is 0. The lowest BCUT2D eigenvalue weighted by molar-refractivity contribution is 0.0600. The summed E-state index contributed by atoms with van der Waals surface area (Å²) in [5.41, 5.74) is 2.16. The van der Waals surface area contributed by atoms with Gasteiger partial charge in [0.2, 0.25) is 0 Å². The number of esters is 1. The summed E-state index contributed by atoms with van der Waals surface area (Å²) < 4.78 is 11.5. The Morgan fingerprint density at radius 3 is 2.65 bits per heavy atom. The summed E-state index contributed by atoms with van der Waals surface area (Å²) in [4.78, 5) is 15.8. The molecule has 0 N–H and O–H groups in total. The third-order valence-corrected chi connectivity index (χ3v) is 4.32. The van der Waals surface area contributed by atoms with Crippen LogP contribution in [0.3, 0.4) is 0 Å². The number of carbonyl (C=O) groups excluding carboxylic acids is 1. The topological polar surface area (TPSA) is 51.8 Å². The molecule has 4 nitrogen and oxygen atoms in total. The van der Waals surface area contributed by atoms with Gasteiger partial charge in [0.15, 0.2) is 4.67 Å². The first-order valence-electron chi connectivity index (χ1n) is 5.69. The molecular weight excluding hydrogens is 390 g/mol. The van der Waals surface area contributed by atoms with E-state index in [0.29, 0.717) is 16.0 Å². The van der Waals surface area contributed by atoms with E-state index in [1.165, 1.54) is 7.11 Å². The van der Waals surface area contributed by atoms with Crippen LogP contribution in [0.4, 0.5) is 5.69 Å². The lowest BCUT2D eigenvalue weighted by Gasteiger charge is -2.03. The van der Waals surface area contributed by atoms with Gasteiger partial charge in [0.05, 0.1) is 29.0 Å². The summed E-state index contributed by atoms with van der Waals surface area (Å²) in [5, 5.41) is 0. The molecule has 0 aliphatic heterocycles. The Morgan fingerprint density at radius 1 is 1.35 bits per heavy atom. The molecule has 0 fully saturated rings. The Balaban J connectivity index is 2.23. The second-order valence-electron chi connectivity index (χ2n) is 4.02. The van der Waals surface area contributed by atoms with E-state index in [-0.39, 0.29) is 5.97 Å². The van der Waals surface area contributed by atoms with Crippen molar-refractivity contribution in [3.63, 3.8) is 0 Å². The van der Waals surface area contributed by atoms with E-state index in [9.17, 15) is 4.79 Å². The Morgan fingerprint density at radius 2 is 2.10 bits per heavy atom. The predicted octanol–water partition coefficient (Wildman–Crippen LogP) is 4.65.